The van der Waals surface area contributed by atoms with E-state index in [0.717, 1.165) is 31.1 Å². The quantitative estimate of drug-likeness (QED) is 0.898. The van der Waals surface area contributed by atoms with E-state index in [1.165, 1.54) is 38.6 Å². The Morgan fingerprint density at radius 3 is 2.78 bits per heavy atom. The Labute approximate surface area is 159 Å². The number of nitrogens with one attached hydrogen (secondary N) is 1. The van der Waals surface area contributed by atoms with Crippen LogP contribution in [0.3, 0.4) is 0 Å². The average molecular weight is 366 g/mol. The van der Waals surface area contributed by atoms with E-state index in [9.17, 15) is 4.79 Å². The number of piperidine rings is 1. The van der Waals surface area contributed by atoms with Gasteiger partial charge in [0.1, 0.15) is 0 Å². The van der Waals surface area contributed by atoms with Crippen molar-refractivity contribution < 1.29 is 4.79 Å². The molecule has 6 rings (SSSR count). The van der Waals surface area contributed by atoms with Crippen molar-refractivity contribution in [2.24, 2.45) is 11.8 Å². The fourth-order valence-corrected chi connectivity index (χ4v) is 4.89. The molecule has 1 aromatic heterocycles. The number of rotatable bonds is 4. The SMILES string of the molecule is O=C(c1ccccc1-c1nn[nH]n1)N1C[C@H]2CC[C@@H](C1)N(CC1CCC1)C2. The molecule has 2 aromatic rings. The molecule has 142 valence electrons. The predicted molar refractivity (Wildman–Crippen MR) is 101 cm³/mol. The summed E-state index contributed by atoms with van der Waals surface area (Å²) in [6.45, 7) is 4.07. The maximum absolute atomic E-state index is 13.4. The fraction of sp³-hybridized carbons (Fsp3) is 0.600. The molecular weight excluding hydrogens is 340 g/mol. The topological polar surface area (TPSA) is 78.0 Å². The van der Waals surface area contributed by atoms with Crippen LogP contribution in [0, 0.1) is 11.8 Å². The third-order valence-electron chi connectivity index (χ3n) is 6.58. The van der Waals surface area contributed by atoms with Gasteiger partial charge in [0.05, 0.1) is 5.56 Å². The number of hydrogen-bond donors (Lipinski definition) is 1. The number of nitrogens with zero attached hydrogens (tertiary/aromatic N) is 5. The van der Waals surface area contributed by atoms with E-state index >= 15 is 0 Å². The lowest BCUT2D eigenvalue weighted by molar-refractivity contribution is 0.0718. The summed E-state index contributed by atoms with van der Waals surface area (Å²) in [5.74, 6) is 2.04. The number of benzene rings is 1. The van der Waals surface area contributed by atoms with Gasteiger partial charge in [0.25, 0.3) is 5.91 Å². The first kappa shape index (κ1) is 16.9. The van der Waals surface area contributed by atoms with Crippen LogP contribution in [-0.4, -0.2) is 68.6 Å². The molecule has 1 aliphatic carbocycles. The Hall–Kier alpha value is -2.28. The van der Waals surface area contributed by atoms with Crippen LogP contribution < -0.4 is 0 Å². The number of amides is 1. The Morgan fingerprint density at radius 2 is 2.00 bits per heavy atom. The number of carbonyl (C=O) groups excluding carboxylic acids is 1. The third kappa shape index (κ3) is 3.25. The monoisotopic (exact) mass is 366 g/mol. The molecule has 0 unspecified atom stereocenters. The second-order valence-electron chi connectivity index (χ2n) is 8.34. The van der Waals surface area contributed by atoms with Crippen LogP contribution in [0.5, 0.6) is 0 Å². The van der Waals surface area contributed by atoms with Crippen LogP contribution in [-0.2, 0) is 0 Å². The van der Waals surface area contributed by atoms with Gasteiger partial charge in [-0.1, -0.05) is 24.6 Å². The van der Waals surface area contributed by atoms with Crippen molar-refractivity contribution in [2.45, 2.75) is 38.1 Å². The lowest BCUT2D eigenvalue weighted by Crippen LogP contribution is -2.47. The van der Waals surface area contributed by atoms with Gasteiger partial charge in [0, 0.05) is 37.8 Å². The number of H-pyrrole nitrogens is 1. The van der Waals surface area contributed by atoms with Gasteiger partial charge >= 0.3 is 0 Å². The number of tetrazole rings is 1. The molecule has 1 saturated carbocycles. The summed E-state index contributed by atoms with van der Waals surface area (Å²) in [7, 11) is 0. The minimum absolute atomic E-state index is 0.0952. The van der Waals surface area contributed by atoms with Gasteiger partial charge in [0.15, 0.2) is 0 Å². The smallest absolute Gasteiger partial charge is 0.254 e. The highest BCUT2D eigenvalue weighted by atomic mass is 16.2. The minimum atomic E-state index is 0.0952. The van der Waals surface area contributed by atoms with Crippen molar-refractivity contribution in [1.82, 2.24) is 30.4 Å². The van der Waals surface area contributed by atoms with E-state index in [1.54, 1.807) is 0 Å². The summed E-state index contributed by atoms with van der Waals surface area (Å²) in [6, 6.07) is 8.10. The highest BCUT2D eigenvalue weighted by molar-refractivity contribution is 6.00. The first-order valence-corrected chi connectivity index (χ1v) is 10.1. The highest BCUT2D eigenvalue weighted by Crippen LogP contribution is 2.34. The van der Waals surface area contributed by atoms with E-state index in [4.69, 9.17) is 0 Å². The molecule has 1 amide bonds. The molecule has 1 aromatic carbocycles. The van der Waals surface area contributed by atoms with E-state index in [1.807, 2.05) is 24.3 Å². The molecule has 27 heavy (non-hydrogen) atoms. The van der Waals surface area contributed by atoms with Crippen molar-refractivity contribution in [3.05, 3.63) is 29.8 Å². The largest absolute Gasteiger partial charge is 0.337 e. The second kappa shape index (κ2) is 7.03. The zero-order valence-electron chi connectivity index (χ0n) is 15.5. The maximum atomic E-state index is 13.4. The third-order valence-corrected chi connectivity index (χ3v) is 6.58. The number of hydrogen-bond acceptors (Lipinski definition) is 5. The molecule has 0 spiro atoms. The molecule has 1 N–H and O–H groups in total. The van der Waals surface area contributed by atoms with Gasteiger partial charge in [-0.2, -0.15) is 5.21 Å². The normalized spacial score (nSPS) is 26.0. The summed E-state index contributed by atoms with van der Waals surface area (Å²) in [4.78, 5) is 18.2. The van der Waals surface area contributed by atoms with Crippen LogP contribution in [0.4, 0.5) is 0 Å². The van der Waals surface area contributed by atoms with Gasteiger partial charge in [-0.3, -0.25) is 9.69 Å². The fourth-order valence-electron chi connectivity index (χ4n) is 4.89. The highest BCUT2D eigenvalue weighted by Gasteiger charge is 2.38. The molecule has 4 aliphatic rings. The van der Waals surface area contributed by atoms with E-state index in [2.05, 4.69) is 30.4 Å². The summed E-state index contributed by atoms with van der Waals surface area (Å²) >= 11 is 0. The molecule has 0 radical (unpaired) electrons. The predicted octanol–water partition coefficient (Wildman–Crippen LogP) is 2.20. The van der Waals surface area contributed by atoms with Crippen LogP contribution in [0.25, 0.3) is 11.4 Å². The minimum Gasteiger partial charge on any atom is -0.337 e. The number of aromatic nitrogens is 4. The first-order valence-electron chi connectivity index (χ1n) is 10.1. The summed E-state index contributed by atoms with van der Waals surface area (Å²) < 4.78 is 0. The summed E-state index contributed by atoms with van der Waals surface area (Å²) in [6.07, 6.45) is 6.61. The second-order valence-corrected chi connectivity index (χ2v) is 8.34. The van der Waals surface area contributed by atoms with E-state index in [0.29, 0.717) is 23.3 Å². The zero-order chi connectivity index (χ0) is 18.2. The van der Waals surface area contributed by atoms with Gasteiger partial charge in [-0.25, -0.2) is 0 Å². The van der Waals surface area contributed by atoms with Crippen LogP contribution in [0.15, 0.2) is 24.3 Å². The van der Waals surface area contributed by atoms with Gasteiger partial charge in [-0.15, -0.1) is 10.2 Å². The first-order chi connectivity index (χ1) is 13.3. The van der Waals surface area contributed by atoms with Gasteiger partial charge < -0.3 is 4.90 Å². The van der Waals surface area contributed by atoms with Crippen LogP contribution in [0.2, 0.25) is 0 Å². The Morgan fingerprint density at radius 1 is 1.11 bits per heavy atom. The average Bonchev–Trinajstić information content (AvgIpc) is 3.05. The van der Waals surface area contributed by atoms with Crippen molar-refractivity contribution in [3.8, 4) is 11.4 Å². The van der Waals surface area contributed by atoms with E-state index in [-0.39, 0.29) is 5.91 Å². The standard InChI is InChI=1S/C20H26N6O/c27-20(18-7-2-1-6-17(18)19-21-23-24-22-19)26-12-15-8-9-16(13-26)25(11-15)10-14-4-3-5-14/h1-2,6-7,14-16H,3-5,8-13H2,(H,21,22,23,24)/t15-,16-/m0/s1. The molecule has 4 fully saturated rings. The molecule has 7 heteroatoms. The zero-order valence-corrected chi connectivity index (χ0v) is 15.5. The molecule has 3 saturated heterocycles. The number of fused-ring (bicyclic) bond motifs is 4. The van der Waals surface area contributed by atoms with Crippen molar-refractivity contribution in [2.75, 3.05) is 26.2 Å². The van der Waals surface area contributed by atoms with Crippen LogP contribution >= 0.6 is 0 Å². The number of aromatic amines is 1. The molecule has 3 aliphatic heterocycles. The molecule has 2 atom stereocenters. The Balaban J connectivity index is 1.37. The number of carbonyl (C=O) groups is 1. The summed E-state index contributed by atoms with van der Waals surface area (Å²) in [5.41, 5.74) is 1.42. The Kier molecular flexibility index (Phi) is 4.39. The van der Waals surface area contributed by atoms with Crippen molar-refractivity contribution in [3.63, 3.8) is 0 Å². The maximum Gasteiger partial charge on any atom is 0.254 e. The van der Waals surface area contributed by atoms with Crippen molar-refractivity contribution >= 4 is 5.91 Å². The molecular formula is C20H26N6O. The van der Waals surface area contributed by atoms with Crippen LogP contribution in [0.1, 0.15) is 42.5 Å². The van der Waals surface area contributed by atoms with Gasteiger partial charge in [-0.05, 0) is 48.8 Å². The van der Waals surface area contributed by atoms with Gasteiger partial charge in [0.2, 0.25) is 5.82 Å². The lowest BCUT2D eigenvalue weighted by atomic mass is 9.83. The molecule has 2 bridgehead atoms. The van der Waals surface area contributed by atoms with Crippen molar-refractivity contribution in [1.29, 1.82) is 0 Å². The molecule has 7 nitrogen and oxygen atoms in total. The lowest BCUT2D eigenvalue weighted by Gasteiger charge is -2.40. The summed E-state index contributed by atoms with van der Waals surface area (Å²) in [5, 5.41) is 14.3. The molecule has 4 heterocycles. The Bertz CT molecular complexity index is 803. The van der Waals surface area contributed by atoms with E-state index < -0.39 is 0 Å².